The third kappa shape index (κ3) is 3.51. The van der Waals surface area contributed by atoms with Crippen LogP contribution in [0.4, 0.5) is 0 Å². The van der Waals surface area contributed by atoms with Gasteiger partial charge >= 0.3 is 30.9 Å². The molecule has 0 rings (SSSR count). The number of hydrogen-bond donors (Lipinski definition) is 3. The number of hydrogen-bond acceptors (Lipinski definition) is 6. The van der Waals surface area contributed by atoms with Crippen LogP contribution in [0.5, 0.6) is 0 Å². The van der Waals surface area contributed by atoms with E-state index in [9.17, 15) is 25.3 Å². The van der Waals surface area contributed by atoms with Crippen LogP contribution in [0.15, 0.2) is 0 Å². The van der Waals surface area contributed by atoms with Crippen LogP contribution in [-0.2, 0) is 30.9 Å². The van der Waals surface area contributed by atoms with Crippen LogP contribution in [0.1, 0.15) is 0 Å². The van der Waals surface area contributed by atoms with Crippen molar-refractivity contribution in [3.63, 3.8) is 0 Å². The van der Waals surface area contributed by atoms with Gasteiger partial charge in [0, 0.05) is 0 Å². The topological polar surface area (TPSA) is 166 Å². The Balaban J connectivity index is 5.87. The molecule has 10 nitrogen and oxygen atoms in total. The molecule has 0 saturated carbocycles. The van der Waals surface area contributed by atoms with Gasteiger partial charge in [0.1, 0.15) is 0 Å². The van der Waals surface area contributed by atoms with Crippen LogP contribution in [0.25, 0.3) is 0 Å². The smallest absolute Gasteiger partial charge is 0.272 e. The predicted molar refractivity (Wildman–Crippen MR) is 36.5 cm³/mol. The SMILES string of the molecule is O=S(=O)(O)N(S(=O)(=O)O)S(=O)(=O)O. The van der Waals surface area contributed by atoms with E-state index in [-0.39, 0.29) is 0 Å². The lowest BCUT2D eigenvalue weighted by atomic mass is 13.8. The van der Waals surface area contributed by atoms with Gasteiger partial charge in [0.15, 0.2) is 0 Å². The Morgan fingerprint density at radius 2 is 0.769 bits per heavy atom. The molecule has 0 saturated heterocycles. The second-order valence-corrected chi connectivity index (χ2v) is 6.04. The molecule has 13 heteroatoms. The van der Waals surface area contributed by atoms with Crippen LogP contribution < -0.4 is 0 Å². The third-order valence-electron chi connectivity index (χ3n) is 0.565. The van der Waals surface area contributed by atoms with Crippen LogP contribution in [-0.4, -0.2) is 42.0 Å². The first-order chi connectivity index (χ1) is 5.37. The third-order valence-corrected chi connectivity index (χ3v) is 5.09. The number of rotatable bonds is 3. The first-order valence-electron chi connectivity index (χ1n) is 2.10. The fraction of sp³-hybridized carbons (Fsp3) is 0. The van der Waals surface area contributed by atoms with E-state index in [1.165, 1.54) is 0 Å². The molecule has 0 spiro atoms. The minimum absolute atomic E-state index is 1.85. The number of nitrogens with zero attached hydrogens (tertiary/aromatic N) is 1. The van der Waals surface area contributed by atoms with Gasteiger partial charge in [-0.15, -0.1) is 0 Å². The summed E-state index contributed by atoms with van der Waals surface area (Å²) in [5.41, 5.74) is 0. The lowest BCUT2D eigenvalue weighted by Crippen LogP contribution is -2.40. The Labute approximate surface area is 73.4 Å². The Hall–Kier alpha value is -0.310. The van der Waals surface area contributed by atoms with Crippen molar-refractivity contribution < 1.29 is 38.9 Å². The van der Waals surface area contributed by atoms with Crippen molar-refractivity contribution in [3.05, 3.63) is 0 Å². The van der Waals surface area contributed by atoms with Crippen LogP contribution in [0.2, 0.25) is 0 Å². The van der Waals surface area contributed by atoms with Gasteiger partial charge in [-0.1, -0.05) is 0 Å². The summed E-state index contributed by atoms with van der Waals surface area (Å²) in [7, 11) is -17.5. The zero-order valence-corrected chi connectivity index (χ0v) is 7.91. The Bertz CT molecular complexity index is 397. The van der Waals surface area contributed by atoms with E-state index in [0.717, 1.165) is 0 Å². The predicted octanol–water partition coefficient (Wildman–Crippen LogP) is -2.30. The highest BCUT2D eigenvalue weighted by molar-refractivity contribution is 8.12. The van der Waals surface area contributed by atoms with Crippen molar-refractivity contribution in [1.29, 1.82) is 0 Å². The molecule has 0 atom stereocenters. The molecule has 0 amide bonds. The van der Waals surface area contributed by atoms with Gasteiger partial charge in [0.05, 0.1) is 3.12 Å². The van der Waals surface area contributed by atoms with Gasteiger partial charge in [-0.2, -0.15) is 25.3 Å². The molecule has 0 unspecified atom stereocenters. The monoisotopic (exact) mass is 257 g/mol. The van der Waals surface area contributed by atoms with Crippen molar-refractivity contribution in [2.24, 2.45) is 0 Å². The maximum Gasteiger partial charge on any atom is 0.366 e. The summed E-state index contributed by atoms with van der Waals surface area (Å²) in [4.78, 5) is 0. The molecule has 3 N–H and O–H groups in total. The van der Waals surface area contributed by atoms with E-state index < -0.39 is 34.0 Å². The van der Waals surface area contributed by atoms with Crippen molar-refractivity contribution in [3.8, 4) is 0 Å². The maximum atomic E-state index is 10.0. The first-order valence-corrected chi connectivity index (χ1v) is 6.29. The van der Waals surface area contributed by atoms with Crippen molar-refractivity contribution >= 4 is 30.9 Å². The standard InChI is InChI=1S/H3NO9S3/c2-11(3,4)1(12(5,6)7)13(8,9)10/h(H,2,3,4)(H,5,6,7)(H,8,9,10). The van der Waals surface area contributed by atoms with E-state index in [4.69, 9.17) is 13.7 Å². The van der Waals surface area contributed by atoms with Crippen molar-refractivity contribution in [2.75, 3.05) is 0 Å². The molecule has 13 heavy (non-hydrogen) atoms. The van der Waals surface area contributed by atoms with Gasteiger partial charge in [0.25, 0.3) is 0 Å². The minimum atomic E-state index is -5.82. The van der Waals surface area contributed by atoms with E-state index in [0.29, 0.717) is 0 Å². The van der Waals surface area contributed by atoms with Crippen molar-refractivity contribution in [2.45, 2.75) is 0 Å². The lowest BCUT2D eigenvalue weighted by Gasteiger charge is -2.09. The molecule has 0 heterocycles. The van der Waals surface area contributed by atoms with E-state index >= 15 is 0 Å². The molecule has 0 aromatic carbocycles. The Morgan fingerprint density at radius 3 is 0.769 bits per heavy atom. The largest absolute Gasteiger partial charge is 0.366 e. The summed E-state index contributed by atoms with van der Waals surface area (Å²) < 4.78 is 82.2. The minimum Gasteiger partial charge on any atom is -0.272 e. The maximum absolute atomic E-state index is 10.0. The van der Waals surface area contributed by atoms with Gasteiger partial charge in [-0.3, -0.25) is 13.7 Å². The highest BCUT2D eigenvalue weighted by atomic mass is 32.4. The lowest BCUT2D eigenvalue weighted by molar-refractivity contribution is 0.398. The van der Waals surface area contributed by atoms with Gasteiger partial charge in [-0.25, -0.2) is 0 Å². The quantitative estimate of drug-likeness (QED) is 0.471. The second-order valence-electron chi connectivity index (χ2n) is 1.57. The van der Waals surface area contributed by atoms with Gasteiger partial charge in [0.2, 0.25) is 0 Å². The first kappa shape index (κ1) is 12.7. The Kier molecular flexibility index (Phi) is 3.05. The molecular formula is H3NO9S3. The fourth-order valence-electron chi connectivity index (χ4n) is 0.357. The summed E-state index contributed by atoms with van der Waals surface area (Å²) in [6, 6.07) is 0. The summed E-state index contributed by atoms with van der Waals surface area (Å²) in [6.07, 6.45) is 0. The zero-order chi connectivity index (χ0) is 11.1. The Morgan fingerprint density at radius 1 is 0.615 bits per heavy atom. The molecule has 0 aromatic heterocycles. The molecule has 0 bridgehead atoms. The molecular weight excluding hydrogens is 254 g/mol. The summed E-state index contributed by atoms with van der Waals surface area (Å²) in [6.45, 7) is 0. The van der Waals surface area contributed by atoms with E-state index in [2.05, 4.69) is 0 Å². The van der Waals surface area contributed by atoms with Gasteiger partial charge < -0.3 is 0 Å². The molecule has 0 aliphatic rings. The zero-order valence-electron chi connectivity index (χ0n) is 5.46. The van der Waals surface area contributed by atoms with Crippen LogP contribution in [0, 0.1) is 0 Å². The van der Waals surface area contributed by atoms with Crippen LogP contribution in [0.3, 0.4) is 0 Å². The molecule has 0 aliphatic heterocycles. The summed E-state index contributed by atoms with van der Waals surface area (Å²) in [5.74, 6) is 0. The second kappa shape index (κ2) is 3.12. The van der Waals surface area contributed by atoms with Crippen LogP contribution >= 0.6 is 0 Å². The van der Waals surface area contributed by atoms with Gasteiger partial charge in [-0.05, 0) is 0 Å². The molecule has 0 aromatic rings. The van der Waals surface area contributed by atoms with E-state index in [1.807, 2.05) is 0 Å². The summed E-state index contributed by atoms with van der Waals surface area (Å²) in [5, 5.41) is 0. The fourth-order valence-corrected chi connectivity index (χ4v) is 3.21. The molecule has 0 radical (unpaired) electrons. The normalized spacial score (nSPS) is 14.8. The molecule has 0 fully saturated rings. The van der Waals surface area contributed by atoms with Crippen molar-refractivity contribution in [1.82, 2.24) is 3.12 Å². The highest BCUT2D eigenvalue weighted by Crippen LogP contribution is 2.09. The summed E-state index contributed by atoms with van der Waals surface area (Å²) >= 11 is 0. The molecule has 80 valence electrons. The molecule has 0 aliphatic carbocycles. The highest BCUT2D eigenvalue weighted by Gasteiger charge is 2.42. The average Bonchev–Trinajstić information content (AvgIpc) is 1.44. The average molecular weight is 257 g/mol. The van der Waals surface area contributed by atoms with E-state index in [1.54, 1.807) is 0 Å².